The number of carbonyl (C=O) groups is 1. The summed E-state index contributed by atoms with van der Waals surface area (Å²) in [6.07, 6.45) is 3.24. The standard InChI is InChI=1S/C20H24N2O3S/c1-25-19-9-5-7-15-10-12-22(13-11-17(15)19)20(23)21-18-8-4-3-6-16(18)14-26(2)24/h3-9H,10-14H2,1-2H3,(H,21,23). The van der Waals surface area contributed by atoms with Gasteiger partial charge in [-0.05, 0) is 41.7 Å². The monoisotopic (exact) mass is 372 g/mol. The third-order valence-electron chi connectivity index (χ3n) is 4.64. The van der Waals surface area contributed by atoms with Crippen molar-refractivity contribution in [2.45, 2.75) is 18.6 Å². The number of nitrogens with one attached hydrogen (secondary N) is 1. The summed E-state index contributed by atoms with van der Waals surface area (Å²) in [5.41, 5.74) is 4.04. The van der Waals surface area contributed by atoms with Crippen molar-refractivity contribution in [3.63, 3.8) is 0 Å². The minimum absolute atomic E-state index is 0.119. The van der Waals surface area contributed by atoms with Crippen molar-refractivity contribution >= 4 is 22.5 Å². The summed E-state index contributed by atoms with van der Waals surface area (Å²) in [5, 5.41) is 2.99. The number of ether oxygens (including phenoxy) is 1. The van der Waals surface area contributed by atoms with Crippen molar-refractivity contribution in [1.29, 1.82) is 0 Å². The summed E-state index contributed by atoms with van der Waals surface area (Å²) in [7, 11) is 0.721. The third kappa shape index (κ3) is 4.25. The predicted molar refractivity (Wildman–Crippen MR) is 105 cm³/mol. The van der Waals surface area contributed by atoms with E-state index in [-0.39, 0.29) is 6.03 Å². The number of benzene rings is 2. The van der Waals surface area contributed by atoms with E-state index in [1.165, 1.54) is 11.1 Å². The van der Waals surface area contributed by atoms with Gasteiger partial charge in [0.05, 0.1) is 12.9 Å². The van der Waals surface area contributed by atoms with Crippen LogP contribution in [0.4, 0.5) is 10.5 Å². The molecular weight excluding hydrogens is 348 g/mol. The van der Waals surface area contributed by atoms with Crippen LogP contribution in [0.2, 0.25) is 0 Å². The van der Waals surface area contributed by atoms with E-state index in [9.17, 15) is 9.00 Å². The number of amides is 2. The topological polar surface area (TPSA) is 58.6 Å². The van der Waals surface area contributed by atoms with Gasteiger partial charge in [0.1, 0.15) is 5.75 Å². The SMILES string of the molecule is COc1cccc2c1CCN(C(=O)Nc1ccccc1CS(C)=O)CC2. The maximum absolute atomic E-state index is 12.8. The second-order valence-corrected chi connectivity index (χ2v) is 7.82. The lowest BCUT2D eigenvalue weighted by Crippen LogP contribution is -2.37. The molecule has 3 rings (SSSR count). The van der Waals surface area contributed by atoms with Gasteiger partial charge in [0.25, 0.3) is 0 Å². The number of methoxy groups -OCH3 is 1. The first-order valence-corrected chi connectivity index (χ1v) is 10.4. The van der Waals surface area contributed by atoms with E-state index in [0.717, 1.165) is 29.8 Å². The van der Waals surface area contributed by atoms with E-state index in [1.54, 1.807) is 13.4 Å². The van der Waals surface area contributed by atoms with Gasteiger partial charge in [-0.15, -0.1) is 0 Å². The fourth-order valence-electron chi connectivity index (χ4n) is 3.32. The largest absolute Gasteiger partial charge is 0.496 e. The van der Waals surface area contributed by atoms with Gasteiger partial charge in [-0.2, -0.15) is 0 Å². The molecule has 2 aromatic rings. The first kappa shape index (κ1) is 18.5. The highest BCUT2D eigenvalue weighted by Crippen LogP contribution is 2.26. The minimum Gasteiger partial charge on any atom is -0.496 e. The zero-order chi connectivity index (χ0) is 18.5. The molecule has 0 aromatic heterocycles. The highest BCUT2D eigenvalue weighted by Gasteiger charge is 2.21. The summed E-state index contributed by atoms with van der Waals surface area (Å²) in [6, 6.07) is 13.5. The minimum atomic E-state index is -0.959. The van der Waals surface area contributed by atoms with Crippen molar-refractivity contribution in [2.24, 2.45) is 0 Å². The second-order valence-electron chi connectivity index (χ2n) is 6.39. The third-order valence-corrected chi connectivity index (χ3v) is 5.36. The molecule has 2 aromatic carbocycles. The predicted octanol–water partition coefficient (Wildman–Crippen LogP) is 3.21. The first-order valence-electron chi connectivity index (χ1n) is 8.67. The van der Waals surface area contributed by atoms with E-state index in [1.807, 2.05) is 41.3 Å². The van der Waals surface area contributed by atoms with Crippen LogP contribution in [0.1, 0.15) is 16.7 Å². The van der Waals surface area contributed by atoms with E-state index in [2.05, 4.69) is 11.4 Å². The Labute approximate surface area is 156 Å². The van der Waals surface area contributed by atoms with Crippen molar-refractivity contribution in [2.75, 3.05) is 31.8 Å². The van der Waals surface area contributed by atoms with Crippen molar-refractivity contribution in [3.05, 3.63) is 59.2 Å². The van der Waals surface area contributed by atoms with Crippen LogP contribution in [-0.4, -0.2) is 41.6 Å². The van der Waals surface area contributed by atoms with Crippen molar-refractivity contribution < 1.29 is 13.7 Å². The number of hydrogen-bond acceptors (Lipinski definition) is 3. The lowest BCUT2D eigenvalue weighted by Gasteiger charge is -2.21. The van der Waals surface area contributed by atoms with Gasteiger partial charge in [-0.3, -0.25) is 4.21 Å². The first-order chi connectivity index (χ1) is 12.6. The summed E-state index contributed by atoms with van der Waals surface area (Å²) in [6.45, 7) is 1.30. The molecule has 0 fully saturated rings. The van der Waals surface area contributed by atoms with Gasteiger partial charge in [-0.1, -0.05) is 30.3 Å². The molecule has 0 aliphatic carbocycles. The molecule has 1 aliphatic rings. The van der Waals surface area contributed by atoms with E-state index in [0.29, 0.717) is 18.8 Å². The number of urea groups is 1. The highest BCUT2D eigenvalue weighted by molar-refractivity contribution is 7.83. The van der Waals surface area contributed by atoms with Crippen LogP contribution in [0.25, 0.3) is 0 Å². The molecular formula is C20H24N2O3S. The van der Waals surface area contributed by atoms with Gasteiger partial charge in [-0.25, -0.2) is 4.79 Å². The Morgan fingerprint density at radius 1 is 1.15 bits per heavy atom. The summed E-state index contributed by atoms with van der Waals surface area (Å²) in [4.78, 5) is 14.6. The molecule has 1 N–H and O–H groups in total. The van der Waals surface area contributed by atoms with Crippen molar-refractivity contribution in [1.82, 2.24) is 4.90 Å². The molecule has 1 heterocycles. The van der Waals surface area contributed by atoms with Gasteiger partial charge in [0.15, 0.2) is 0 Å². The Kier molecular flexibility index (Phi) is 5.93. The van der Waals surface area contributed by atoms with Crippen LogP contribution in [0.5, 0.6) is 5.75 Å². The Bertz CT molecular complexity index is 822. The highest BCUT2D eigenvalue weighted by atomic mass is 32.2. The van der Waals surface area contributed by atoms with Gasteiger partial charge >= 0.3 is 6.03 Å². The molecule has 1 aliphatic heterocycles. The fourth-order valence-corrected chi connectivity index (χ4v) is 4.01. The Hall–Kier alpha value is -2.34. The van der Waals surface area contributed by atoms with Gasteiger partial charge in [0, 0.05) is 35.8 Å². The maximum atomic E-state index is 12.8. The summed E-state index contributed by atoms with van der Waals surface area (Å²) < 4.78 is 17.0. The number of nitrogens with zero attached hydrogens (tertiary/aromatic N) is 1. The zero-order valence-electron chi connectivity index (χ0n) is 15.2. The van der Waals surface area contributed by atoms with Gasteiger partial charge in [0.2, 0.25) is 0 Å². The molecule has 1 atom stereocenters. The smallest absolute Gasteiger partial charge is 0.321 e. The zero-order valence-corrected chi connectivity index (χ0v) is 16.0. The van der Waals surface area contributed by atoms with Crippen LogP contribution in [0, 0.1) is 0 Å². The second kappa shape index (κ2) is 8.36. The molecule has 0 bridgehead atoms. The van der Waals surface area contributed by atoms with Crippen LogP contribution in [0.3, 0.4) is 0 Å². The molecule has 0 saturated heterocycles. The molecule has 5 nitrogen and oxygen atoms in total. The number of hydrogen-bond donors (Lipinski definition) is 1. The number of fused-ring (bicyclic) bond motifs is 1. The normalized spacial score (nSPS) is 14.9. The maximum Gasteiger partial charge on any atom is 0.321 e. The average molecular weight is 372 g/mol. The van der Waals surface area contributed by atoms with Crippen LogP contribution in [-0.2, 0) is 29.4 Å². The quantitative estimate of drug-likeness (QED) is 0.897. The van der Waals surface area contributed by atoms with E-state index >= 15 is 0 Å². The Balaban J connectivity index is 1.72. The molecule has 0 spiro atoms. The molecule has 6 heteroatoms. The van der Waals surface area contributed by atoms with Crippen LogP contribution < -0.4 is 10.1 Å². The van der Waals surface area contributed by atoms with Gasteiger partial charge < -0.3 is 15.0 Å². The number of carbonyl (C=O) groups excluding carboxylic acids is 1. The van der Waals surface area contributed by atoms with E-state index < -0.39 is 10.8 Å². The molecule has 138 valence electrons. The van der Waals surface area contributed by atoms with Crippen LogP contribution >= 0.6 is 0 Å². The Morgan fingerprint density at radius 3 is 2.69 bits per heavy atom. The van der Waals surface area contributed by atoms with Crippen LogP contribution in [0.15, 0.2) is 42.5 Å². The number of para-hydroxylation sites is 1. The lowest BCUT2D eigenvalue weighted by molar-refractivity contribution is 0.214. The van der Waals surface area contributed by atoms with E-state index in [4.69, 9.17) is 4.74 Å². The number of anilines is 1. The Morgan fingerprint density at radius 2 is 1.92 bits per heavy atom. The number of rotatable bonds is 4. The van der Waals surface area contributed by atoms with Crippen molar-refractivity contribution in [3.8, 4) is 5.75 Å². The lowest BCUT2D eigenvalue weighted by atomic mass is 10.0. The molecule has 2 amide bonds. The molecule has 26 heavy (non-hydrogen) atoms. The molecule has 0 saturated carbocycles. The average Bonchev–Trinajstić information content (AvgIpc) is 2.85. The molecule has 0 radical (unpaired) electrons. The fraction of sp³-hybridized carbons (Fsp3) is 0.350. The molecule has 1 unspecified atom stereocenters. The summed E-state index contributed by atoms with van der Waals surface area (Å²) in [5.74, 6) is 1.32. The summed E-state index contributed by atoms with van der Waals surface area (Å²) >= 11 is 0.